The molecule has 3 aromatic rings. The van der Waals surface area contributed by atoms with Crippen LogP contribution in [0.5, 0.6) is 0 Å². The lowest BCUT2D eigenvalue weighted by Crippen LogP contribution is -1.99. The van der Waals surface area contributed by atoms with Crippen LogP contribution in [0, 0.1) is 11.3 Å². The van der Waals surface area contributed by atoms with Gasteiger partial charge in [0, 0.05) is 4.88 Å². The van der Waals surface area contributed by atoms with Crippen molar-refractivity contribution in [1.82, 2.24) is 0 Å². The molecule has 4 heteroatoms. The highest BCUT2D eigenvalue weighted by molar-refractivity contribution is 7.82. The Balaban J connectivity index is 0.000000140. The second-order valence-electron chi connectivity index (χ2n) is 5.49. The van der Waals surface area contributed by atoms with Crippen molar-refractivity contribution in [3.63, 3.8) is 0 Å². The molecule has 0 atom stereocenters. The van der Waals surface area contributed by atoms with Crippen molar-refractivity contribution >= 4 is 39.9 Å². The SMILES string of the molecule is N#Cc1c(NS)sc2c1CCCC2.c1ccc2ccccc2c1. The first-order valence-electron chi connectivity index (χ1n) is 7.72. The van der Waals surface area contributed by atoms with E-state index in [0.717, 1.165) is 23.4 Å². The summed E-state index contributed by atoms with van der Waals surface area (Å²) in [6.45, 7) is 0. The maximum atomic E-state index is 8.98. The number of nitrogens with one attached hydrogen (secondary N) is 1. The highest BCUT2D eigenvalue weighted by Crippen LogP contribution is 2.37. The summed E-state index contributed by atoms with van der Waals surface area (Å²) >= 11 is 5.68. The van der Waals surface area contributed by atoms with Gasteiger partial charge in [0.05, 0.1) is 5.56 Å². The third kappa shape index (κ3) is 3.52. The van der Waals surface area contributed by atoms with Gasteiger partial charge in [-0.1, -0.05) is 61.3 Å². The number of thiol groups is 1. The van der Waals surface area contributed by atoms with Gasteiger partial charge in [0.15, 0.2) is 0 Å². The molecule has 0 aliphatic heterocycles. The smallest absolute Gasteiger partial charge is 0.117 e. The molecule has 2 aromatic carbocycles. The molecular weight excluding hydrogens is 320 g/mol. The number of nitrogens with zero attached hydrogens (tertiary/aromatic N) is 1. The third-order valence-electron chi connectivity index (χ3n) is 4.04. The summed E-state index contributed by atoms with van der Waals surface area (Å²) in [7, 11) is 0. The van der Waals surface area contributed by atoms with Crippen molar-refractivity contribution in [3.05, 3.63) is 64.5 Å². The van der Waals surface area contributed by atoms with Crippen LogP contribution >= 0.6 is 24.2 Å². The summed E-state index contributed by atoms with van der Waals surface area (Å²) < 4.78 is 2.79. The topological polar surface area (TPSA) is 35.8 Å². The van der Waals surface area contributed by atoms with Crippen molar-refractivity contribution in [1.29, 1.82) is 5.26 Å². The molecule has 2 nitrogen and oxygen atoms in total. The number of aryl methyl sites for hydroxylation is 1. The highest BCUT2D eigenvalue weighted by Gasteiger charge is 2.19. The molecule has 1 heterocycles. The van der Waals surface area contributed by atoms with Gasteiger partial charge < -0.3 is 4.72 Å². The van der Waals surface area contributed by atoms with Crippen LogP contribution < -0.4 is 4.72 Å². The van der Waals surface area contributed by atoms with Crippen molar-refractivity contribution in [2.24, 2.45) is 0 Å². The Morgan fingerprint density at radius 2 is 1.52 bits per heavy atom. The number of hydrogen-bond donors (Lipinski definition) is 2. The summed E-state index contributed by atoms with van der Waals surface area (Å²) in [6.07, 6.45) is 4.66. The van der Waals surface area contributed by atoms with Crippen LogP contribution in [0.15, 0.2) is 48.5 Å². The summed E-state index contributed by atoms with van der Waals surface area (Å²) in [5.74, 6) is 0. The Hall–Kier alpha value is -1.96. The zero-order valence-corrected chi connectivity index (χ0v) is 14.5. The van der Waals surface area contributed by atoms with Crippen LogP contribution in [-0.4, -0.2) is 0 Å². The normalized spacial score (nSPS) is 12.7. The van der Waals surface area contributed by atoms with E-state index in [-0.39, 0.29) is 0 Å². The summed E-state index contributed by atoms with van der Waals surface area (Å²) in [4.78, 5) is 1.37. The Morgan fingerprint density at radius 1 is 0.957 bits per heavy atom. The molecule has 23 heavy (non-hydrogen) atoms. The fourth-order valence-electron chi connectivity index (χ4n) is 2.90. The molecule has 0 unspecified atom stereocenters. The zero-order valence-electron chi connectivity index (χ0n) is 12.7. The number of fused-ring (bicyclic) bond motifs is 2. The fraction of sp³-hybridized carbons (Fsp3) is 0.211. The van der Waals surface area contributed by atoms with E-state index in [1.165, 1.54) is 34.1 Å². The predicted molar refractivity (Wildman–Crippen MR) is 102 cm³/mol. The van der Waals surface area contributed by atoms with E-state index < -0.39 is 0 Å². The lowest BCUT2D eigenvalue weighted by molar-refractivity contribution is 0.696. The van der Waals surface area contributed by atoms with Crippen LogP contribution in [0.4, 0.5) is 5.00 Å². The molecule has 0 radical (unpaired) electrons. The minimum absolute atomic E-state index is 0.815. The van der Waals surface area contributed by atoms with Crippen molar-refractivity contribution in [2.45, 2.75) is 25.7 Å². The molecule has 4 rings (SSSR count). The molecule has 0 amide bonds. The number of hydrogen-bond acceptors (Lipinski definition) is 4. The van der Waals surface area contributed by atoms with Crippen molar-refractivity contribution in [2.75, 3.05) is 4.72 Å². The molecule has 1 aliphatic rings. The van der Waals surface area contributed by atoms with E-state index in [0.29, 0.717) is 0 Å². The number of nitriles is 1. The van der Waals surface area contributed by atoms with Gasteiger partial charge in [-0.25, -0.2) is 0 Å². The summed E-state index contributed by atoms with van der Waals surface area (Å²) in [5, 5.41) is 12.5. The molecule has 0 bridgehead atoms. The Bertz CT molecular complexity index is 781. The van der Waals surface area contributed by atoms with Gasteiger partial charge in [0.1, 0.15) is 11.1 Å². The molecule has 0 saturated heterocycles. The van der Waals surface area contributed by atoms with Gasteiger partial charge in [-0.2, -0.15) is 5.26 Å². The second kappa shape index (κ2) is 7.54. The first-order chi connectivity index (χ1) is 11.3. The minimum Gasteiger partial charge on any atom is -0.323 e. The number of thiophene rings is 1. The van der Waals surface area contributed by atoms with E-state index in [1.54, 1.807) is 11.3 Å². The van der Waals surface area contributed by atoms with Crippen LogP contribution in [-0.2, 0) is 12.8 Å². The lowest BCUT2D eigenvalue weighted by atomic mass is 9.96. The van der Waals surface area contributed by atoms with Crippen molar-refractivity contribution in [3.8, 4) is 6.07 Å². The predicted octanol–water partition coefficient (Wildman–Crippen LogP) is 5.60. The maximum absolute atomic E-state index is 8.98. The highest BCUT2D eigenvalue weighted by atomic mass is 32.1. The van der Waals surface area contributed by atoms with E-state index in [2.05, 4.69) is 72.1 Å². The average molecular weight is 339 g/mol. The van der Waals surface area contributed by atoms with E-state index in [9.17, 15) is 0 Å². The van der Waals surface area contributed by atoms with Crippen LogP contribution in [0.1, 0.15) is 28.8 Å². The zero-order chi connectivity index (χ0) is 16.1. The van der Waals surface area contributed by atoms with Gasteiger partial charge in [-0.15, -0.1) is 11.3 Å². The Morgan fingerprint density at radius 3 is 2.04 bits per heavy atom. The van der Waals surface area contributed by atoms with Crippen LogP contribution in [0.2, 0.25) is 0 Å². The first-order valence-corrected chi connectivity index (χ1v) is 8.98. The summed E-state index contributed by atoms with van der Waals surface area (Å²) in [5.41, 5.74) is 2.07. The van der Waals surface area contributed by atoms with Crippen molar-refractivity contribution < 1.29 is 0 Å². The van der Waals surface area contributed by atoms with Crippen LogP contribution in [0.25, 0.3) is 10.8 Å². The number of anilines is 1. The van der Waals surface area contributed by atoms with Gasteiger partial charge in [0.2, 0.25) is 0 Å². The van der Waals surface area contributed by atoms with Gasteiger partial charge >= 0.3 is 0 Å². The lowest BCUT2D eigenvalue weighted by Gasteiger charge is -2.09. The molecule has 0 fully saturated rings. The quantitative estimate of drug-likeness (QED) is 0.567. The Kier molecular flexibility index (Phi) is 5.22. The minimum atomic E-state index is 0.815. The molecule has 0 saturated carbocycles. The Labute approximate surface area is 146 Å². The molecular formula is C19H18N2S2. The summed E-state index contributed by atoms with van der Waals surface area (Å²) in [6, 6.07) is 19.0. The van der Waals surface area contributed by atoms with E-state index in [4.69, 9.17) is 5.26 Å². The standard InChI is InChI=1S/C10H8.C9H10N2S2/c1-2-6-10-8-4-3-7-9(10)5-1;10-5-7-6-3-1-2-4-8(6)13-9(7)11-12/h1-8H;11-12H,1-4H2. The molecule has 1 aromatic heterocycles. The molecule has 0 spiro atoms. The van der Waals surface area contributed by atoms with Gasteiger partial charge in [-0.3, -0.25) is 0 Å². The average Bonchev–Trinajstić information content (AvgIpc) is 3.00. The van der Waals surface area contributed by atoms with Gasteiger partial charge in [0.25, 0.3) is 0 Å². The van der Waals surface area contributed by atoms with E-state index >= 15 is 0 Å². The largest absolute Gasteiger partial charge is 0.323 e. The molecule has 116 valence electrons. The fourth-order valence-corrected chi connectivity index (χ4v) is 4.28. The number of benzene rings is 2. The molecule has 1 N–H and O–H groups in total. The maximum Gasteiger partial charge on any atom is 0.117 e. The van der Waals surface area contributed by atoms with E-state index in [1.807, 2.05) is 0 Å². The monoisotopic (exact) mass is 338 g/mol. The first kappa shape index (κ1) is 15.9. The third-order valence-corrected chi connectivity index (χ3v) is 5.63. The van der Waals surface area contributed by atoms with Crippen LogP contribution in [0.3, 0.4) is 0 Å². The molecule has 1 aliphatic carbocycles. The second-order valence-corrected chi connectivity index (χ2v) is 6.81. The number of rotatable bonds is 1. The van der Waals surface area contributed by atoms with Gasteiger partial charge in [-0.05, 0) is 42.0 Å².